The highest BCUT2D eigenvalue weighted by Crippen LogP contribution is 2.34. The Bertz CT molecular complexity index is 257. The summed E-state index contributed by atoms with van der Waals surface area (Å²) in [5.74, 6) is -0.707. The summed E-state index contributed by atoms with van der Waals surface area (Å²) in [5, 5.41) is 10.6. The number of carbonyl (C=O) groups excluding carboxylic acids is 1. The minimum atomic E-state index is -0.862. The Morgan fingerprint density at radius 2 is 1.65 bits per heavy atom. The molecule has 1 atom stereocenters. The summed E-state index contributed by atoms with van der Waals surface area (Å²) in [6, 6.07) is 0. The van der Waals surface area contributed by atoms with E-state index >= 15 is 0 Å². The number of hydrogen-bond donors (Lipinski definition) is 1. The zero-order valence-electron chi connectivity index (χ0n) is 11.6. The van der Waals surface area contributed by atoms with E-state index in [-0.39, 0.29) is 5.97 Å². The maximum absolute atomic E-state index is 12.0. The normalized spacial score (nSPS) is 22.6. The van der Waals surface area contributed by atoms with Gasteiger partial charge in [0.1, 0.15) is 5.60 Å². The Hall–Kier alpha value is -0.570. The highest BCUT2D eigenvalue weighted by atomic mass is 16.6. The molecule has 3 nitrogen and oxygen atoms in total. The topological polar surface area (TPSA) is 46.5 Å². The van der Waals surface area contributed by atoms with E-state index in [4.69, 9.17) is 4.74 Å². The molecule has 1 aliphatic rings. The lowest BCUT2D eigenvalue weighted by Crippen LogP contribution is -2.43. The van der Waals surface area contributed by atoms with Gasteiger partial charge in [-0.1, -0.05) is 25.7 Å². The molecule has 100 valence electrons. The van der Waals surface area contributed by atoms with Crippen molar-refractivity contribution in [1.82, 2.24) is 0 Å². The molecule has 1 saturated carbocycles. The molecule has 0 amide bonds. The van der Waals surface area contributed by atoms with Crippen LogP contribution in [0.1, 0.15) is 66.2 Å². The largest absolute Gasteiger partial charge is 0.460 e. The number of hydrogen-bond acceptors (Lipinski definition) is 3. The quantitative estimate of drug-likeness (QED) is 0.598. The molecule has 0 aromatic rings. The van der Waals surface area contributed by atoms with Crippen LogP contribution in [-0.2, 0) is 9.53 Å². The monoisotopic (exact) mass is 242 g/mol. The highest BCUT2D eigenvalue weighted by molar-refractivity contribution is 5.73. The Morgan fingerprint density at radius 1 is 1.18 bits per heavy atom. The second kappa shape index (κ2) is 5.38. The van der Waals surface area contributed by atoms with E-state index in [1.54, 1.807) is 6.92 Å². The first-order valence-electron chi connectivity index (χ1n) is 6.70. The summed E-state index contributed by atoms with van der Waals surface area (Å²) in [7, 11) is 0. The molecule has 0 radical (unpaired) electrons. The average Bonchev–Trinajstić information content (AvgIpc) is 2.40. The van der Waals surface area contributed by atoms with Crippen molar-refractivity contribution in [3.05, 3.63) is 0 Å². The van der Waals surface area contributed by atoms with Crippen molar-refractivity contribution in [1.29, 1.82) is 0 Å². The molecule has 0 bridgehead atoms. The number of carbonyl (C=O) groups is 1. The second-order valence-electron chi connectivity index (χ2n) is 6.27. The maximum Gasteiger partial charge on any atom is 0.312 e. The molecule has 0 aromatic heterocycles. The van der Waals surface area contributed by atoms with Crippen LogP contribution in [0.15, 0.2) is 0 Å². The van der Waals surface area contributed by atoms with Crippen molar-refractivity contribution < 1.29 is 14.6 Å². The van der Waals surface area contributed by atoms with Crippen molar-refractivity contribution in [2.75, 3.05) is 0 Å². The van der Waals surface area contributed by atoms with E-state index in [1.165, 1.54) is 0 Å². The van der Waals surface area contributed by atoms with E-state index in [1.807, 2.05) is 20.8 Å². The highest BCUT2D eigenvalue weighted by Gasteiger charge is 2.40. The third kappa shape index (κ3) is 4.30. The number of esters is 1. The first-order chi connectivity index (χ1) is 7.75. The molecule has 1 unspecified atom stereocenters. The number of ether oxygens (including phenoxy) is 1. The summed E-state index contributed by atoms with van der Waals surface area (Å²) in [4.78, 5) is 12.0. The Balaban J connectivity index is 2.66. The van der Waals surface area contributed by atoms with Gasteiger partial charge in [0.25, 0.3) is 0 Å². The van der Waals surface area contributed by atoms with Crippen LogP contribution in [-0.4, -0.2) is 22.3 Å². The van der Waals surface area contributed by atoms with Gasteiger partial charge in [-0.15, -0.1) is 0 Å². The van der Waals surface area contributed by atoms with Crippen molar-refractivity contribution in [3.63, 3.8) is 0 Å². The van der Waals surface area contributed by atoms with Gasteiger partial charge in [0.2, 0.25) is 0 Å². The first-order valence-corrected chi connectivity index (χ1v) is 6.70. The van der Waals surface area contributed by atoms with Crippen LogP contribution in [0.25, 0.3) is 0 Å². The Labute approximate surface area is 105 Å². The van der Waals surface area contributed by atoms with Crippen molar-refractivity contribution >= 4 is 5.97 Å². The molecule has 0 aliphatic heterocycles. The van der Waals surface area contributed by atoms with E-state index in [0.717, 1.165) is 25.7 Å². The lowest BCUT2D eigenvalue weighted by Gasteiger charge is -2.33. The molecule has 1 fully saturated rings. The Kier molecular flexibility index (Phi) is 4.59. The lowest BCUT2D eigenvalue weighted by atomic mass is 9.82. The fourth-order valence-corrected chi connectivity index (χ4v) is 2.38. The lowest BCUT2D eigenvalue weighted by molar-refractivity contribution is -0.169. The number of rotatable bonds is 2. The fraction of sp³-hybridized carbons (Fsp3) is 0.929. The minimum absolute atomic E-state index is 0.276. The first kappa shape index (κ1) is 14.5. The van der Waals surface area contributed by atoms with Gasteiger partial charge in [-0.25, -0.2) is 0 Å². The van der Waals surface area contributed by atoms with E-state index in [9.17, 15) is 9.90 Å². The van der Waals surface area contributed by atoms with E-state index in [0.29, 0.717) is 12.8 Å². The summed E-state index contributed by atoms with van der Waals surface area (Å²) >= 11 is 0. The minimum Gasteiger partial charge on any atom is -0.460 e. The van der Waals surface area contributed by atoms with Crippen molar-refractivity contribution in [2.45, 2.75) is 77.4 Å². The van der Waals surface area contributed by atoms with Gasteiger partial charge in [-0.3, -0.25) is 4.79 Å². The molecule has 1 aliphatic carbocycles. The molecule has 1 rings (SSSR count). The molecule has 0 heterocycles. The summed E-state index contributed by atoms with van der Waals surface area (Å²) in [6.45, 7) is 7.36. The predicted octanol–water partition coefficient (Wildman–Crippen LogP) is 3.05. The van der Waals surface area contributed by atoms with Crippen molar-refractivity contribution in [2.24, 2.45) is 5.92 Å². The standard InChI is InChI=1S/C14H26O3/c1-11(12(15)17-13(2,3)4)14(16)9-7-5-6-8-10-14/h11,16H,5-10H2,1-4H3. The zero-order valence-corrected chi connectivity index (χ0v) is 11.6. The van der Waals surface area contributed by atoms with Crippen LogP contribution in [0.3, 0.4) is 0 Å². The average molecular weight is 242 g/mol. The SMILES string of the molecule is CC(C(=O)OC(C)(C)C)C1(O)CCCCCC1. The van der Waals surface area contributed by atoms with Gasteiger partial charge in [0.15, 0.2) is 0 Å². The molecule has 0 spiro atoms. The summed E-state index contributed by atoms with van der Waals surface area (Å²) in [5.41, 5.74) is -1.34. The van der Waals surface area contributed by atoms with E-state index < -0.39 is 17.1 Å². The van der Waals surface area contributed by atoms with Crippen LogP contribution in [0.4, 0.5) is 0 Å². The summed E-state index contributed by atoms with van der Waals surface area (Å²) in [6.07, 6.45) is 5.75. The molecular weight excluding hydrogens is 216 g/mol. The second-order valence-corrected chi connectivity index (χ2v) is 6.27. The van der Waals surface area contributed by atoms with E-state index in [2.05, 4.69) is 0 Å². The molecule has 1 N–H and O–H groups in total. The van der Waals surface area contributed by atoms with Crippen LogP contribution in [0.5, 0.6) is 0 Å². The van der Waals surface area contributed by atoms with Gasteiger partial charge in [-0.05, 0) is 40.5 Å². The molecule has 17 heavy (non-hydrogen) atoms. The van der Waals surface area contributed by atoms with Crippen LogP contribution in [0, 0.1) is 5.92 Å². The van der Waals surface area contributed by atoms with Crippen LogP contribution >= 0.6 is 0 Å². The maximum atomic E-state index is 12.0. The van der Waals surface area contributed by atoms with Gasteiger partial charge in [0.05, 0.1) is 11.5 Å². The smallest absolute Gasteiger partial charge is 0.312 e. The van der Waals surface area contributed by atoms with Gasteiger partial charge in [0, 0.05) is 0 Å². The molecule has 0 aromatic carbocycles. The van der Waals surface area contributed by atoms with Crippen LogP contribution < -0.4 is 0 Å². The molecular formula is C14H26O3. The van der Waals surface area contributed by atoms with Crippen molar-refractivity contribution in [3.8, 4) is 0 Å². The third-order valence-corrected chi connectivity index (χ3v) is 3.54. The fourth-order valence-electron chi connectivity index (χ4n) is 2.38. The van der Waals surface area contributed by atoms with Gasteiger partial charge < -0.3 is 9.84 Å². The zero-order chi connectivity index (χ0) is 13.1. The Morgan fingerprint density at radius 3 is 2.06 bits per heavy atom. The summed E-state index contributed by atoms with van der Waals surface area (Å²) < 4.78 is 5.36. The van der Waals surface area contributed by atoms with Gasteiger partial charge >= 0.3 is 5.97 Å². The molecule has 3 heteroatoms. The number of aliphatic hydroxyl groups is 1. The molecule has 0 saturated heterocycles. The van der Waals surface area contributed by atoms with Crippen LogP contribution in [0.2, 0.25) is 0 Å². The third-order valence-electron chi connectivity index (χ3n) is 3.54. The van der Waals surface area contributed by atoms with Gasteiger partial charge in [-0.2, -0.15) is 0 Å². The predicted molar refractivity (Wildman–Crippen MR) is 67.7 cm³/mol.